The molecule has 2 bridgehead atoms. The highest BCUT2D eigenvalue weighted by Gasteiger charge is 2.34. The van der Waals surface area contributed by atoms with Crippen molar-refractivity contribution >= 4 is 24.2 Å². The van der Waals surface area contributed by atoms with Gasteiger partial charge in [-0.1, -0.05) is 12.1 Å². The van der Waals surface area contributed by atoms with Gasteiger partial charge < -0.3 is 16.0 Å². The lowest BCUT2D eigenvalue weighted by Crippen LogP contribution is -2.39. The molecule has 0 aliphatic carbocycles. The lowest BCUT2D eigenvalue weighted by molar-refractivity contribution is -0.122. The first kappa shape index (κ1) is 18.7. The molecule has 0 spiro atoms. The van der Waals surface area contributed by atoms with Crippen LogP contribution in [0.25, 0.3) is 0 Å². The molecule has 2 amide bonds. The summed E-state index contributed by atoms with van der Waals surface area (Å²) >= 11 is 0. The average molecular weight is 352 g/mol. The van der Waals surface area contributed by atoms with Crippen molar-refractivity contribution in [1.29, 1.82) is 0 Å². The van der Waals surface area contributed by atoms with Crippen molar-refractivity contribution in [2.24, 2.45) is 5.92 Å². The van der Waals surface area contributed by atoms with Gasteiger partial charge in [0, 0.05) is 37.7 Å². The summed E-state index contributed by atoms with van der Waals surface area (Å²) in [7, 11) is 1.61. The van der Waals surface area contributed by atoms with Crippen molar-refractivity contribution in [2.75, 3.05) is 7.05 Å². The van der Waals surface area contributed by atoms with Gasteiger partial charge in [-0.05, 0) is 49.3 Å². The van der Waals surface area contributed by atoms with Gasteiger partial charge in [0.05, 0.1) is 0 Å². The summed E-state index contributed by atoms with van der Waals surface area (Å²) in [5.74, 6) is 0.510. The normalized spacial score (nSPS) is 24.8. The first-order valence-corrected chi connectivity index (χ1v) is 8.48. The molecule has 2 heterocycles. The zero-order valence-electron chi connectivity index (χ0n) is 14.0. The number of halogens is 1. The number of carbonyl (C=O) groups excluding carboxylic acids is 2. The van der Waals surface area contributed by atoms with E-state index in [0.29, 0.717) is 36.5 Å². The number of nitrogens with one attached hydrogen (secondary N) is 3. The van der Waals surface area contributed by atoms with Gasteiger partial charge in [0.2, 0.25) is 5.91 Å². The van der Waals surface area contributed by atoms with Gasteiger partial charge in [-0.3, -0.25) is 9.59 Å². The van der Waals surface area contributed by atoms with Crippen molar-refractivity contribution in [2.45, 2.75) is 50.7 Å². The quantitative estimate of drug-likeness (QED) is 0.760. The maximum Gasteiger partial charge on any atom is 0.251 e. The van der Waals surface area contributed by atoms with Crippen LogP contribution in [-0.2, 0) is 11.3 Å². The van der Waals surface area contributed by atoms with Gasteiger partial charge in [-0.15, -0.1) is 12.4 Å². The number of benzene rings is 1. The highest BCUT2D eigenvalue weighted by Crippen LogP contribution is 2.32. The summed E-state index contributed by atoms with van der Waals surface area (Å²) in [6, 6.07) is 8.61. The van der Waals surface area contributed by atoms with Crippen LogP contribution in [0, 0.1) is 5.92 Å². The standard InChI is InChI=1S/C18H25N3O2.ClH/c1-19-18(23)14-4-2-3-12(7-14)11-20-17(22)10-13-8-15-5-6-16(9-13)21-15;/h2-4,7,13,15-16,21H,5-6,8-11H2,1H3,(H,19,23)(H,20,22);1H. The topological polar surface area (TPSA) is 70.2 Å². The fourth-order valence-electron chi connectivity index (χ4n) is 3.84. The fraction of sp³-hybridized carbons (Fsp3) is 0.556. The minimum atomic E-state index is -0.108. The van der Waals surface area contributed by atoms with Crippen LogP contribution in [0.2, 0.25) is 0 Å². The maximum absolute atomic E-state index is 12.2. The Bertz CT molecular complexity index is 581. The molecule has 1 aromatic carbocycles. The van der Waals surface area contributed by atoms with Crippen LogP contribution in [0.1, 0.15) is 48.0 Å². The molecule has 3 rings (SSSR count). The molecule has 2 fully saturated rings. The fourth-order valence-corrected chi connectivity index (χ4v) is 3.84. The first-order chi connectivity index (χ1) is 11.1. The highest BCUT2D eigenvalue weighted by atomic mass is 35.5. The second-order valence-corrected chi connectivity index (χ2v) is 6.74. The Morgan fingerprint density at radius 3 is 2.58 bits per heavy atom. The van der Waals surface area contributed by atoms with Crippen LogP contribution in [0.3, 0.4) is 0 Å². The molecule has 3 N–H and O–H groups in total. The number of piperidine rings is 1. The smallest absolute Gasteiger partial charge is 0.251 e. The molecule has 0 saturated carbocycles. The van der Waals surface area contributed by atoms with Gasteiger partial charge in [-0.2, -0.15) is 0 Å². The molecular weight excluding hydrogens is 326 g/mol. The monoisotopic (exact) mass is 351 g/mol. The third-order valence-corrected chi connectivity index (χ3v) is 4.95. The third kappa shape index (κ3) is 4.71. The van der Waals surface area contributed by atoms with E-state index in [9.17, 15) is 9.59 Å². The number of amides is 2. The molecule has 0 radical (unpaired) electrons. The second kappa shape index (κ2) is 8.49. The Morgan fingerprint density at radius 2 is 1.92 bits per heavy atom. The number of carbonyl (C=O) groups is 2. The Morgan fingerprint density at radius 1 is 1.21 bits per heavy atom. The van der Waals surface area contributed by atoms with Crippen LogP contribution in [0.4, 0.5) is 0 Å². The molecule has 0 aromatic heterocycles. The first-order valence-electron chi connectivity index (χ1n) is 8.48. The average Bonchev–Trinajstić information content (AvgIpc) is 2.91. The summed E-state index contributed by atoms with van der Waals surface area (Å²) in [6.07, 6.45) is 5.38. The van der Waals surface area contributed by atoms with Crippen molar-refractivity contribution in [1.82, 2.24) is 16.0 Å². The maximum atomic E-state index is 12.2. The van der Waals surface area contributed by atoms with Crippen molar-refractivity contribution < 1.29 is 9.59 Å². The Hall–Kier alpha value is -1.59. The van der Waals surface area contributed by atoms with E-state index in [1.165, 1.54) is 12.8 Å². The van der Waals surface area contributed by atoms with Crippen molar-refractivity contribution in [3.05, 3.63) is 35.4 Å². The largest absolute Gasteiger partial charge is 0.355 e. The van der Waals surface area contributed by atoms with Crippen LogP contribution in [-0.4, -0.2) is 30.9 Å². The molecule has 2 aliphatic heterocycles. The van der Waals surface area contributed by atoms with Gasteiger partial charge in [0.1, 0.15) is 0 Å². The third-order valence-electron chi connectivity index (χ3n) is 4.95. The molecule has 1 aromatic rings. The minimum Gasteiger partial charge on any atom is -0.355 e. The van der Waals surface area contributed by atoms with Gasteiger partial charge >= 0.3 is 0 Å². The highest BCUT2D eigenvalue weighted by molar-refractivity contribution is 5.94. The summed E-state index contributed by atoms with van der Waals surface area (Å²) in [5.41, 5.74) is 1.57. The van der Waals surface area contributed by atoms with Crippen LogP contribution in [0.15, 0.2) is 24.3 Å². The van der Waals surface area contributed by atoms with E-state index in [0.717, 1.165) is 18.4 Å². The van der Waals surface area contributed by atoms with E-state index in [-0.39, 0.29) is 24.2 Å². The van der Waals surface area contributed by atoms with E-state index in [1.54, 1.807) is 13.1 Å². The van der Waals surface area contributed by atoms with E-state index >= 15 is 0 Å². The van der Waals surface area contributed by atoms with E-state index in [2.05, 4.69) is 16.0 Å². The zero-order chi connectivity index (χ0) is 16.2. The summed E-state index contributed by atoms with van der Waals surface area (Å²) in [6.45, 7) is 0.474. The number of rotatable bonds is 5. The Kier molecular flexibility index (Phi) is 6.63. The summed E-state index contributed by atoms with van der Waals surface area (Å²) in [4.78, 5) is 23.8. The zero-order valence-corrected chi connectivity index (χ0v) is 14.8. The lowest BCUT2D eigenvalue weighted by Gasteiger charge is -2.28. The summed E-state index contributed by atoms with van der Waals surface area (Å²) < 4.78 is 0. The predicted octanol–water partition coefficient (Wildman–Crippen LogP) is 2.00. The Labute approximate surface area is 149 Å². The lowest BCUT2D eigenvalue weighted by atomic mass is 9.89. The molecule has 5 nitrogen and oxygen atoms in total. The van der Waals surface area contributed by atoms with E-state index in [1.807, 2.05) is 18.2 Å². The molecule has 2 unspecified atom stereocenters. The van der Waals surface area contributed by atoms with Crippen LogP contribution in [0.5, 0.6) is 0 Å². The second-order valence-electron chi connectivity index (χ2n) is 6.74. The number of hydrogen-bond acceptors (Lipinski definition) is 3. The Balaban J connectivity index is 0.00000208. The van der Waals surface area contributed by atoms with E-state index in [4.69, 9.17) is 0 Å². The number of fused-ring (bicyclic) bond motifs is 2. The van der Waals surface area contributed by atoms with Gasteiger partial charge in [-0.25, -0.2) is 0 Å². The van der Waals surface area contributed by atoms with Gasteiger partial charge in [0.15, 0.2) is 0 Å². The van der Waals surface area contributed by atoms with E-state index < -0.39 is 0 Å². The van der Waals surface area contributed by atoms with Gasteiger partial charge in [0.25, 0.3) is 5.91 Å². The molecule has 24 heavy (non-hydrogen) atoms. The minimum absolute atomic E-state index is 0. The molecule has 132 valence electrons. The molecule has 6 heteroatoms. The van der Waals surface area contributed by atoms with Crippen LogP contribution < -0.4 is 16.0 Å². The van der Waals surface area contributed by atoms with Crippen LogP contribution >= 0.6 is 12.4 Å². The van der Waals surface area contributed by atoms with Crippen molar-refractivity contribution in [3.63, 3.8) is 0 Å². The molecule has 2 aliphatic rings. The molecule has 2 atom stereocenters. The summed E-state index contributed by atoms with van der Waals surface area (Å²) in [5, 5.41) is 9.20. The molecule has 2 saturated heterocycles. The SMILES string of the molecule is CNC(=O)c1cccc(CNC(=O)CC2CC3CCC(C2)N3)c1.Cl. The molecular formula is C18H26ClN3O2. The van der Waals surface area contributed by atoms with Crippen molar-refractivity contribution in [3.8, 4) is 0 Å². The predicted molar refractivity (Wildman–Crippen MR) is 96.2 cm³/mol. The number of hydrogen-bond donors (Lipinski definition) is 3.